The second-order valence-electron chi connectivity index (χ2n) is 8.25. The van der Waals surface area contributed by atoms with Crippen molar-refractivity contribution in [2.24, 2.45) is 11.3 Å². The number of carbonyl (C=O) groups excluding carboxylic acids is 2. The van der Waals surface area contributed by atoms with E-state index in [1.807, 2.05) is 20.8 Å². The predicted octanol–water partition coefficient (Wildman–Crippen LogP) is 3.39. The third-order valence-corrected chi connectivity index (χ3v) is 4.21. The summed E-state index contributed by atoms with van der Waals surface area (Å²) < 4.78 is 5.44. The molecule has 1 unspecified atom stereocenters. The van der Waals surface area contributed by atoms with E-state index in [4.69, 9.17) is 4.74 Å². The highest BCUT2D eigenvalue weighted by Crippen LogP contribution is 2.30. The van der Waals surface area contributed by atoms with Gasteiger partial charge in [0.05, 0.1) is 0 Å². The lowest BCUT2D eigenvalue weighted by Crippen LogP contribution is -2.44. The summed E-state index contributed by atoms with van der Waals surface area (Å²) in [6.07, 6.45) is 2.08. The number of hydrogen-bond acceptors (Lipinski definition) is 3. The molecule has 0 aliphatic carbocycles. The molecule has 1 aliphatic rings. The van der Waals surface area contributed by atoms with E-state index in [0.29, 0.717) is 19.4 Å². The highest BCUT2D eigenvalue weighted by atomic mass is 16.6. The molecule has 1 rings (SSSR count). The molecule has 1 aliphatic heterocycles. The fourth-order valence-electron chi connectivity index (χ4n) is 2.37. The van der Waals surface area contributed by atoms with Gasteiger partial charge in [0.1, 0.15) is 11.6 Å². The van der Waals surface area contributed by atoms with Gasteiger partial charge in [-0.15, -0.1) is 0 Å². The molecule has 0 bridgehead atoms. The topological polar surface area (TPSA) is 46.6 Å². The Kier molecular flexibility index (Phi) is 5.46. The number of carbonyl (C=O) groups is 2. The first-order valence-corrected chi connectivity index (χ1v) is 7.94. The van der Waals surface area contributed by atoms with Crippen molar-refractivity contribution in [3.8, 4) is 0 Å². The van der Waals surface area contributed by atoms with E-state index in [9.17, 15) is 9.59 Å². The molecule has 122 valence electrons. The Morgan fingerprint density at radius 3 is 2.24 bits per heavy atom. The van der Waals surface area contributed by atoms with Crippen LogP contribution >= 0.6 is 0 Å². The van der Waals surface area contributed by atoms with Gasteiger partial charge >= 0.3 is 5.97 Å². The largest absolute Gasteiger partial charge is 0.458 e. The minimum Gasteiger partial charge on any atom is -0.458 e. The van der Waals surface area contributed by atoms with Crippen molar-refractivity contribution in [3.63, 3.8) is 0 Å². The summed E-state index contributed by atoms with van der Waals surface area (Å²) in [5.74, 6) is 0.0902. The van der Waals surface area contributed by atoms with Crippen LogP contribution in [0.3, 0.4) is 0 Å². The van der Waals surface area contributed by atoms with Crippen LogP contribution in [0.15, 0.2) is 0 Å². The average Bonchev–Trinajstić information content (AvgIpc) is 2.73. The SMILES string of the molecule is CC(CC(=O)N1CCC[C@H]1C(=O)OC(C)(C)C)C(C)(C)C. The van der Waals surface area contributed by atoms with E-state index < -0.39 is 11.6 Å². The van der Waals surface area contributed by atoms with Crippen molar-refractivity contribution in [3.05, 3.63) is 0 Å². The summed E-state index contributed by atoms with van der Waals surface area (Å²) in [5, 5.41) is 0. The Bertz CT molecular complexity index is 390. The zero-order valence-electron chi connectivity index (χ0n) is 14.7. The van der Waals surface area contributed by atoms with Crippen molar-refractivity contribution in [2.75, 3.05) is 6.54 Å². The zero-order valence-corrected chi connectivity index (χ0v) is 14.7. The minimum atomic E-state index is -0.507. The van der Waals surface area contributed by atoms with Crippen molar-refractivity contribution in [1.29, 1.82) is 0 Å². The molecule has 1 heterocycles. The van der Waals surface area contributed by atoms with Crippen molar-refractivity contribution < 1.29 is 14.3 Å². The summed E-state index contributed by atoms with van der Waals surface area (Å²) in [6, 6.07) is -0.399. The average molecular weight is 297 g/mol. The van der Waals surface area contributed by atoms with Crippen LogP contribution < -0.4 is 0 Å². The predicted molar refractivity (Wildman–Crippen MR) is 83.8 cm³/mol. The molecule has 0 aromatic carbocycles. The highest BCUT2D eigenvalue weighted by Gasteiger charge is 2.37. The second-order valence-corrected chi connectivity index (χ2v) is 8.25. The number of likely N-dealkylation sites (tertiary alicyclic amines) is 1. The fourth-order valence-corrected chi connectivity index (χ4v) is 2.37. The second kappa shape index (κ2) is 6.37. The Morgan fingerprint density at radius 1 is 1.19 bits per heavy atom. The van der Waals surface area contributed by atoms with Gasteiger partial charge in [-0.3, -0.25) is 4.79 Å². The van der Waals surface area contributed by atoms with Gasteiger partial charge in [-0.2, -0.15) is 0 Å². The maximum Gasteiger partial charge on any atom is 0.329 e. The van der Waals surface area contributed by atoms with E-state index >= 15 is 0 Å². The summed E-state index contributed by atoms with van der Waals surface area (Å²) in [5.41, 5.74) is -0.413. The summed E-state index contributed by atoms with van der Waals surface area (Å²) in [6.45, 7) is 14.7. The number of nitrogens with zero attached hydrogens (tertiary/aromatic N) is 1. The minimum absolute atomic E-state index is 0.0748. The first kappa shape index (κ1) is 18.0. The number of amides is 1. The Balaban J connectivity index is 2.69. The lowest BCUT2D eigenvalue weighted by molar-refractivity contribution is -0.163. The van der Waals surface area contributed by atoms with Crippen LogP contribution in [0.25, 0.3) is 0 Å². The number of ether oxygens (including phenoxy) is 1. The van der Waals surface area contributed by atoms with Gasteiger partial charge in [0, 0.05) is 13.0 Å². The molecule has 0 saturated carbocycles. The van der Waals surface area contributed by atoms with Crippen LogP contribution in [0.2, 0.25) is 0 Å². The molecule has 0 aromatic heterocycles. The van der Waals surface area contributed by atoms with Crippen LogP contribution in [-0.2, 0) is 14.3 Å². The molecule has 0 N–H and O–H groups in total. The molecule has 0 spiro atoms. The van der Waals surface area contributed by atoms with Gasteiger partial charge in [-0.1, -0.05) is 27.7 Å². The molecule has 1 saturated heterocycles. The van der Waals surface area contributed by atoms with Crippen molar-refractivity contribution in [2.45, 2.75) is 79.4 Å². The first-order chi connectivity index (χ1) is 9.42. The van der Waals surface area contributed by atoms with Crippen LogP contribution in [-0.4, -0.2) is 35.0 Å². The number of hydrogen-bond donors (Lipinski definition) is 0. The molecule has 4 heteroatoms. The molecule has 0 radical (unpaired) electrons. The van der Waals surface area contributed by atoms with Gasteiger partial charge in [-0.25, -0.2) is 4.79 Å². The van der Waals surface area contributed by atoms with Crippen LogP contribution in [0.1, 0.15) is 67.7 Å². The Labute approximate surface area is 129 Å². The van der Waals surface area contributed by atoms with Crippen molar-refractivity contribution in [1.82, 2.24) is 4.90 Å². The molecule has 1 fully saturated rings. The molecule has 0 aromatic rings. The van der Waals surface area contributed by atoms with E-state index in [-0.39, 0.29) is 23.2 Å². The molecular weight excluding hydrogens is 266 g/mol. The monoisotopic (exact) mass is 297 g/mol. The normalized spacial score (nSPS) is 21.3. The van der Waals surface area contributed by atoms with Crippen molar-refractivity contribution >= 4 is 11.9 Å². The molecule has 1 amide bonds. The van der Waals surface area contributed by atoms with Crippen LogP contribution in [0.5, 0.6) is 0 Å². The number of rotatable bonds is 3. The van der Waals surface area contributed by atoms with E-state index in [0.717, 1.165) is 6.42 Å². The third-order valence-electron chi connectivity index (χ3n) is 4.21. The molecule has 21 heavy (non-hydrogen) atoms. The quantitative estimate of drug-likeness (QED) is 0.750. The van der Waals surface area contributed by atoms with E-state index in [1.54, 1.807) is 4.90 Å². The highest BCUT2D eigenvalue weighted by molar-refractivity contribution is 5.85. The number of esters is 1. The lowest BCUT2D eigenvalue weighted by Gasteiger charge is -2.31. The van der Waals surface area contributed by atoms with Gasteiger partial charge < -0.3 is 9.64 Å². The molecular formula is C17H31NO3. The summed E-state index contributed by atoms with van der Waals surface area (Å²) >= 11 is 0. The Hall–Kier alpha value is -1.06. The van der Waals surface area contributed by atoms with Gasteiger partial charge in [0.25, 0.3) is 0 Å². The maximum atomic E-state index is 12.5. The molecule has 2 atom stereocenters. The maximum absolute atomic E-state index is 12.5. The third kappa shape index (κ3) is 5.33. The summed E-state index contributed by atoms with van der Waals surface area (Å²) in [7, 11) is 0. The lowest BCUT2D eigenvalue weighted by atomic mass is 9.80. The zero-order chi connectivity index (χ0) is 16.4. The van der Waals surface area contributed by atoms with Gasteiger partial charge in [-0.05, 0) is 44.9 Å². The van der Waals surface area contributed by atoms with Gasteiger partial charge in [0.2, 0.25) is 5.91 Å². The van der Waals surface area contributed by atoms with Gasteiger partial charge in [0.15, 0.2) is 0 Å². The van der Waals surface area contributed by atoms with Crippen LogP contribution in [0, 0.1) is 11.3 Å². The first-order valence-electron chi connectivity index (χ1n) is 7.94. The van der Waals surface area contributed by atoms with E-state index in [1.165, 1.54) is 0 Å². The smallest absolute Gasteiger partial charge is 0.329 e. The fraction of sp³-hybridized carbons (Fsp3) is 0.882. The molecule has 4 nitrogen and oxygen atoms in total. The van der Waals surface area contributed by atoms with Crippen LogP contribution in [0.4, 0.5) is 0 Å². The summed E-state index contributed by atoms with van der Waals surface area (Å²) in [4.78, 5) is 26.5. The Morgan fingerprint density at radius 2 is 1.76 bits per heavy atom. The standard InChI is InChI=1S/C17H31NO3/c1-12(16(2,3)4)11-14(19)18-10-8-9-13(18)15(20)21-17(5,6)7/h12-13H,8-11H2,1-7H3/t12?,13-/m0/s1. The van der Waals surface area contributed by atoms with E-state index in [2.05, 4.69) is 27.7 Å².